The van der Waals surface area contributed by atoms with E-state index in [4.69, 9.17) is 4.42 Å². The van der Waals surface area contributed by atoms with Crippen LogP contribution in [0.3, 0.4) is 0 Å². The van der Waals surface area contributed by atoms with Crippen LogP contribution in [0.15, 0.2) is 50.5 Å². The Morgan fingerprint density at radius 3 is 3.10 bits per heavy atom. The lowest BCUT2D eigenvalue weighted by Gasteiger charge is -1.92. The Labute approximate surface area is 123 Å². The summed E-state index contributed by atoms with van der Waals surface area (Å²) in [6.45, 7) is 0. The average Bonchev–Trinajstić information content (AvgIpc) is 3.03. The molecular formula is C13H11N3O2S2. The highest BCUT2D eigenvalue weighted by atomic mass is 32.2. The maximum Gasteiger partial charge on any atom is 0.258 e. The predicted octanol–water partition coefficient (Wildman–Crippen LogP) is 2.45. The SMILES string of the molecule is Cn1ccsc1=NC(=O)CSc1nc2ccccc2o1. The van der Waals surface area contributed by atoms with Crippen LogP contribution < -0.4 is 4.80 Å². The molecular weight excluding hydrogens is 294 g/mol. The molecule has 3 aromatic rings. The molecule has 0 radical (unpaired) electrons. The molecule has 1 amide bonds. The Balaban J connectivity index is 1.70. The van der Waals surface area contributed by atoms with E-state index < -0.39 is 0 Å². The third kappa shape index (κ3) is 2.83. The van der Waals surface area contributed by atoms with E-state index in [0.29, 0.717) is 10.0 Å². The zero-order valence-electron chi connectivity index (χ0n) is 10.6. The fourth-order valence-electron chi connectivity index (χ4n) is 1.61. The molecule has 20 heavy (non-hydrogen) atoms. The van der Waals surface area contributed by atoms with Crippen molar-refractivity contribution in [3.8, 4) is 0 Å². The summed E-state index contributed by atoms with van der Waals surface area (Å²) in [5, 5.41) is 2.38. The maximum atomic E-state index is 11.8. The number of aryl methyl sites for hydroxylation is 1. The Hall–Kier alpha value is -1.86. The molecule has 0 N–H and O–H groups in total. The maximum absolute atomic E-state index is 11.8. The second-order valence-corrected chi connectivity index (χ2v) is 5.84. The van der Waals surface area contributed by atoms with Crippen molar-refractivity contribution in [1.82, 2.24) is 9.55 Å². The summed E-state index contributed by atoms with van der Waals surface area (Å²) in [4.78, 5) is 20.8. The Bertz CT molecular complexity index is 783. The van der Waals surface area contributed by atoms with Crippen molar-refractivity contribution in [3.63, 3.8) is 0 Å². The van der Waals surface area contributed by atoms with E-state index in [1.165, 1.54) is 23.1 Å². The standard InChI is InChI=1S/C13H11N3O2S2/c1-16-6-7-19-12(16)15-11(17)8-20-13-14-9-4-2-3-5-10(9)18-13/h2-7H,8H2,1H3. The molecule has 0 saturated heterocycles. The minimum absolute atomic E-state index is 0.199. The zero-order valence-corrected chi connectivity index (χ0v) is 12.3. The largest absolute Gasteiger partial charge is 0.431 e. The minimum atomic E-state index is -0.199. The fraction of sp³-hybridized carbons (Fsp3) is 0.154. The fourth-order valence-corrected chi connectivity index (χ4v) is 2.98. The highest BCUT2D eigenvalue weighted by molar-refractivity contribution is 7.99. The summed E-state index contributed by atoms with van der Waals surface area (Å²) in [5.41, 5.74) is 1.52. The van der Waals surface area contributed by atoms with Gasteiger partial charge in [0.05, 0.1) is 5.75 Å². The molecule has 0 fully saturated rings. The van der Waals surface area contributed by atoms with Crippen molar-refractivity contribution in [1.29, 1.82) is 0 Å². The van der Waals surface area contributed by atoms with E-state index in [0.717, 1.165) is 11.1 Å². The number of hydrogen-bond acceptors (Lipinski definition) is 5. The van der Waals surface area contributed by atoms with Crippen LogP contribution in [0.25, 0.3) is 11.1 Å². The molecule has 102 valence electrons. The first-order valence-electron chi connectivity index (χ1n) is 5.88. The van der Waals surface area contributed by atoms with Gasteiger partial charge in [-0.1, -0.05) is 23.9 Å². The molecule has 0 unspecified atom stereocenters. The second kappa shape index (κ2) is 5.64. The number of rotatable bonds is 3. The summed E-state index contributed by atoms with van der Waals surface area (Å²) in [7, 11) is 1.86. The van der Waals surface area contributed by atoms with Crippen LogP contribution in [-0.2, 0) is 11.8 Å². The smallest absolute Gasteiger partial charge is 0.258 e. The number of carbonyl (C=O) groups is 1. The van der Waals surface area contributed by atoms with Gasteiger partial charge < -0.3 is 8.98 Å². The molecule has 0 spiro atoms. The van der Waals surface area contributed by atoms with Crippen LogP contribution in [0.1, 0.15) is 0 Å². The number of amides is 1. The predicted molar refractivity (Wildman–Crippen MR) is 78.6 cm³/mol. The molecule has 3 rings (SSSR count). The van der Waals surface area contributed by atoms with Gasteiger partial charge in [-0.25, -0.2) is 4.98 Å². The number of para-hydroxylation sites is 2. The van der Waals surface area contributed by atoms with Gasteiger partial charge in [0.1, 0.15) is 5.52 Å². The Kier molecular flexibility index (Phi) is 3.70. The van der Waals surface area contributed by atoms with Gasteiger partial charge >= 0.3 is 0 Å². The summed E-state index contributed by atoms with van der Waals surface area (Å²) < 4.78 is 7.34. The zero-order chi connectivity index (χ0) is 13.9. The van der Waals surface area contributed by atoms with E-state index in [2.05, 4.69) is 9.98 Å². The van der Waals surface area contributed by atoms with Gasteiger partial charge in [0.2, 0.25) is 0 Å². The van der Waals surface area contributed by atoms with Gasteiger partial charge in [-0.2, -0.15) is 4.99 Å². The van der Waals surface area contributed by atoms with Gasteiger partial charge in [-0.15, -0.1) is 11.3 Å². The summed E-state index contributed by atoms with van der Waals surface area (Å²) in [5.74, 6) is 0.0142. The summed E-state index contributed by atoms with van der Waals surface area (Å²) in [6.07, 6.45) is 1.87. The lowest BCUT2D eigenvalue weighted by Crippen LogP contribution is -2.13. The highest BCUT2D eigenvalue weighted by Gasteiger charge is 2.08. The van der Waals surface area contributed by atoms with E-state index in [1.54, 1.807) is 0 Å². The molecule has 2 aromatic heterocycles. The number of nitrogens with zero attached hydrogens (tertiary/aromatic N) is 3. The first kappa shape index (κ1) is 13.1. The molecule has 0 atom stereocenters. The Morgan fingerprint density at radius 2 is 2.35 bits per heavy atom. The molecule has 0 bridgehead atoms. The highest BCUT2D eigenvalue weighted by Crippen LogP contribution is 2.22. The summed E-state index contributed by atoms with van der Waals surface area (Å²) in [6, 6.07) is 7.51. The molecule has 2 heterocycles. The first-order valence-corrected chi connectivity index (χ1v) is 7.75. The third-order valence-corrected chi connectivity index (χ3v) is 4.23. The van der Waals surface area contributed by atoms with Crippen molar-refractivity contribution in [2.45, 2.75) is 5.22 Å². The number of hydrogen-bond donors (Lipinski definition) is 0. The molecule has 0 aliphatic heterocycles. The molecule has 0 saturated carbocycles. The van der Waals surface area contributed by atoms with E-state index in [1.807, 2.05) is 47.5 Å². The number of thiazole rings is 1. The molecule has 1 aromatic carbocycles. The van der Waals surface area contributed by atoms with E-state index >= 15 is 0 Å². The molecule has 0 aliphatic carbocycles. The molecule has 7 heteroatoms. The minimum Gasteiger partial charge on any atom is -0.431 e. The van der Waals surface area contributed by atoms with Crippen molar-refractivity contribution in [3.05, 3.63) is 40.6 Å². The van der Waals surface area contributed by atoms with Crippen LogP contribution in [0.5, 0.6) is 0 Å². The van der Waals surface area contributed by atoms with Gasteiger partial charge in [-0.05, 0) is 12.1 Å². The number of thioether (sulfide) groups is 1. The summed E-state index contributed by atoms with van der Waals surface area (Å²) >= 11 is 2.69. The number of carbonyl (C=O) groups excluding carboxylic acids is 1. The number of benzene rings is 1. The first-order chi connectivity index (χ1) is 9.72. The topological polar surface area (TPSA) is 60.4 Å². The number of aromatic nitrogens is 2. The van der Waals surface area contributed by atoms with Crippen LogP contribution in [0.2, 0.25) is 0 Å². The molecule has 0 aliphatic rings. The monoisotopic (exact) mass is 305 g/mol. The molecule has 5 nitrogen and oxygen atoms in total. The lowest BCUT2D eigenvalue weighted by molar-refractivity contribution is -0.115. The number of fused-ring (bicyclic) bond motifs is 1. The van der Waals surface area contributed by atoms with Crippen LogP contribution in [0.4, 0.5) is 0 Å². The van der Waals surface area contributed by atoms with Gasteiger partial charge in [0.25, 0.3) is 11.1 Å². The van der Waals surface area contributed by atoms with E-state index in [-0.39, 0.29) is 11.7 Å². The lowest BCUT2D eigenvalue weighted by atomic mass is 10.3. The van der Waals surface area contributed by atoms with Gasteiger partial charge in [0.15, 0.2) is 10.4 Å². The Morgan fingerprint density at radius 1 is 1.50 bits per heavy atom. The second-order valence-electron chi connectivity index (χ2n) is 4.04. The van der Waals surface area contributed by atoms with Gasteiger partial charge in [0, 0.05) is 18.6 Å². The third-order valence-electron chi connectivity index (χ3n) is 2.57. The average molecular weight is 305 g/mol. The van der Waals surface area contributed by atoms with Crippen molar-refractivity contribution < 1.29 is 9.21 Å². The van der Waals surface area contributed by atoms with Crippen LogP contribution in [0, 0.1) is 0 Å². The van der Waals surface area contributed by atoms with E-state index in [9.17, 15) is 4.79 Å². The van der Waals surface area contributed by atoms with Crippen molar-refractivity contribution in [2.24, 2.45) is 12.0 Å². The van der Waals surface area contributed by atoms with Crippen molar-refractivity contribution >= 4 is 40.1 Å². The van der Waals surface area contributed by atoms with Crippen molar-refractivity contribution in [2.75, 3.05) is 5.75 Å². The number of oxazole rings is 1. The van der Waals surface area contributed by atoms with Gasteiger partial charge in [-0.3, -0.25) is 4.79 Å². The quantitative estimate of drug-likeness (QED) is 0.697. The van der Waals surface area contributed by atoms with Crippen LogP contribution >= 0.6 is 23.1 Å². The van der Waals surface area contributed by atoms with Crippen LogP contribution in [-0.4, -0.2) is 21.2 Å². The normalized spacial score (nSPS) is 12.2.